The number of hydrogen-bond acceptors (Lipinski definition) is 3. The SMILES string of the molecule is CC(C)=C/C=C(\C)c1ccc(/C(C)=C/C=C(C)C)c2nsnc12. The third-order valence-electron chi connectivity index (χ3n) is 3.60. The minimum Gasteiger partial charge on any atom is -0.172 e. The summed E-state index contributed by atoms with van der Waals surface area (Å²) in [6, 6.07) is 4.31. The first kappa shape index (κ1) is 17.4. The summed E-state index contributed by atoms with van der Waals surface area (Å²) in [5.74, 6) is 0. The van der Waals surface area contributed by atoms with Gasteiger partial charge in [0.2, 0.25) is 0 Å². The van der Waals surface area contributed by atoms with Crippen molar-refractivity contribution in [2.45, 2.75) is 41.5 Å². The van der Waals surface area contributed by atoms with E-state index >= 15 is 0 Å². The van der Waals surface area contributed by atoms with Crippen LogP contribution >= 0.6 is 11.7 Å². The second kappa shape index (κ2) is 7.51. The second-order valence-electron chi connectivity index (χ2n) is 6.31. The van der Waals surface area contributed by atoms with E-state index in [-0.39, 0.29) is 0 Å². The lowest BCUT2D eigenvalue weighted by Gasteiger charge is -2.07. The third kappa shape index (κ3) is 4.26. The molecule has 0 N–H and O–H groups in total. The van der Waals surface area contributed by atoms with Crippen LogP contribution in [0.1, 0.15) is 52.7 Å². The van der Waals surface area contributed by atoms with E-state index in [0.29, 0.717) is 0 Å². The zero-order valence-electron chi connectivity index (χ0n) is 14.8. The van der Waals surface area contributed by atoms with Crippen LogP contribution in [0.2, 0.25) is 0 Å². The molecule has 120 valence electrons. The summed E-state index contributed by atoms with van der Waals surface area (Å²) in [6.07, 6.45) is 8.56. The summed E-state index contributed by atoms with van der Waals surface area (Å²) in [4.78, 5) is 0. The van der Waals surface area contributed by atoms with Crippen LogP contribution in [0.25, 0.3) is 22.2 Å². The molecule has 1 aromatic carbocycles. The smallest absolute Gasteiger partial charge is 0.112 e. The minimum atomic E-state index is 0.994. The molecule has 0 saturated heterocycles. The first-order chi connectivity index (χ1) is 10.9. The predicted molar refractivity (Wildman–Crippen MR) is 104 cm³/mol. The first-order valence-corrected chi connectivity index (χ1v) is 8.52. The predicted octanol–water partition coefficient (Wildman–Crippen LogP) is 6.43. The Hall–Kier alpha value is -2.00. The van der Waals surface area contributed by atoms with Crippen LogP contribution in [0.3, 0.4) is 0 Å². The average Bonchev–Trinajstić information content (AvgIpc) is 2.98. The molecule has 0 unspecified atom stereocenters. The van der Waals surface area contributed by atoms with Crippen LogP contribution in [0.15, 0.2) is 47.6 Å². The van der Waals surface area contributed by atoms with Gasteiger partial charge < -0.3 is 0 Å². The van der Waals surface area contributed by atoms with E-state index in [1.54, 1.807) is 0 Å². The molecule has 23 heavy (non-hydrogen) atoms. The van der Waals surface area contributed by atoms with Crippen molar-refractivity contribution >= 4 is 33.9 Å². The second-order valence-corrected chi connectivity index (χ2v) is 6.84. The van der Waals surface area contributed by atoms with Crippen LogP contribution in [0, 0.1) is 0 Å². The van der Waals surface area contributed by atoms with Crippen molar-refractivity contribution in [3.8, 4) is 0 Å². The molecule has 0 bridgehead atoms. The summed E-state index contributed by atoms with van der Waals surface area (Å²) in [5, 5.41) is 0. The van der Waals surface area contributed by atoms with Crippen molar-refractivity contribution in [3.63, 3.8) is 0 Å². The Morgan fingerprint density at radius 3 is 1.43 bits per heavy atom. The van der Waals surface area contributed by atoms with Gasteiger partial charge in [-0.3, -0.25) is 0 Å². The Morgan fingerprint density at radius 2 is 1.09 bits per heavy atom. The lowest BCUT2D eigenvalue weighted by Crippen LogP contribution is -1.88. The van der Waals surface area contributed by atoms with Gasteiger partial charge in [0.15, 0.2) is 0 Å². The molecule has 2 rings (SSSR count). The highest BCUT2D eigenvalue weighted by atomic mass is 32.1. The summed E-state index contributed by atoms with van der Waals surface area (Å²) in [6.45, 7) is 12.7. The van der Waals surface area contributed by atoms with Crippen LogP contribution in [0.4, 0.5) is 0 Å². The Morgan fingerprint density at radius 1 is 0.696 bits per heavy atom. The Kier molecular flexibility index (Phi) is 5.67. The molecule has 0 aliphatic heterocycles. The number of nitrogens with zero attached hydrogens (tertiary/aromatic N) is 2. The fraction of sp³-hybridized carbons (Fsp3) is 0.300. The van der Waals surface area contributed by atoms with Crippen LogP contribution < -0.4 is 0 Å². The molecule has 3 heteroatoms. The quantitative estimate of drug-likeness (QED) is 0.605. The molecule has 0 radical (unpaired) electrons. The summed E-state index contributed by atoms with van der Waals surface area (Å²) in [7, 11) is 0. The van der Waals surface area contributed by atoms with Crippen molar-refractivity contribution in [2.24, 2.45) is 0 Å². The largest absolute Gasteiger partial charge is 0.172 e. The van der Waals surface area contributed by atoms with Gasteiger partial charge in [0.1, 0.15) is 11.0 Å². The number of fused-ring (bicyclic) bond motifs is 1. The minimum absolute atomic E-state index is 0.994. The Bertz CT molecular complexity index is 756. The summed E-state index contributed by atoms with van der Waals surface area (Å²) < 4.78 is 9.06. The normalized spacial score (nSPS) is 12.4. The molecule has 0 saturated carbocycles. The van der Waals surface area contributed by atoms with Gasteiger partial charge in [-0.15, -0.1) is 0 Å². The first-order valence-electron chi connectivity index (χ1n) is 7.79. The zero-order chi connectivity index (χ0) is 17.0. The highest BCUT2D eigenvalue weighted by Gasteiger charge is 2.12. The summed E-state index contributed by atoms with van der Waals surface area (Å²) >= 11 is 1.28. The van der Waals surface area contributed by atoms with Crippen molar-refractivity contribution in [1.82, 2.24) is 8.75 Å². The number of hydrogen-bond donors (Lipinski definition) is 0. The molecule has 2 nitrogen and oxygen atoms in total. The fourth-order valence-electron chi connectivity index (χ4n) is 2.27. The number of aromatic nitrogens is 2. The number of rotatable bonds is 4. The van der Waals surface area contributed by atoms with Gasteiger partial charge in [-0.2, -0.15) is 8.75 Å². The lowest BCUT2D eigenvalue weighted by atomic mass is 9.98. The molecule has 0 aliphatic carbocycles. The van der Waals surface area contributed by atoms with Crippen molar-refractivity contribution in [3.05, 3.63) is 58.7 Å². The van der Waals surface area contributed by atoms with Crippen molar-refractivity contribution < 1.29 is 0 Å². The lowest BCUT2D eigenvalue weighted by molar-refractivity contribution is 1.39. The number of benzene rings is 1. The molecule has 2 aromatic rings. The molecular weight excluding hydrogens is 300 g/mol. The van der Waals surface area contributed by atoms with E-state index in [1.807, 2.05) is 0 Å². The van der Waals surface area contributed by atoms with E-state index in [0.717, 1.165) is 22.2 Å². The standard InChI is InChI=1S/C20H24N2S/c1-13(2)7-9-15(5)17-11-12-18(16(6)10-8-14(3)4)20-19(17)21-23-22-20/h7-12H,1-6H3/b15-9+,16-10+. The number of allylic oxidation sites excluding steroid dienone is 8. The van der Waals surface area contributed by atoms with E-state index in [9.17, 15) is 0 Å². The van der Waals surface area contributed by atoms with Gasteiger partial charge in [0.25, 0.3) is 0 Å². The highest BCUT2D eigenvalue weighted by Crippen LogP contribution is 2.30. The van der Waals surface area contributed by atoms with Crippen LogP contribution in [-0.4, -0.2) is 8.75 Å². The van der Waals surface area contributed by atoms with E-state index < -0.39 is 0 Å². The molecule has 0 amide bonds. The molecule has 0 spiro atoms. The van der Waals surface area contributed by atoms with Gasteiger partial charge >= 0.3 is 0 Å². The Balaban J connectivity index is 2.55. The van der Waals surface area contributed by atoms with E-state index in [1.165, 1.54) is 34.0 Å². The summed E-state index contributed by atoms with van der Waals surface area (Å²) in [5.41, 5.74) is 9.29. The topological polar surface area (TPSA) is 25.8 Å². The molecular formula is C20H24N2S. The molecule has 0 aliphatic rings. The fourth-order valence-corrected chi connectivity index (χ4v) is 2.84. The maximum atomic E-state index is 4.53. The van der Waals surface area contributed by atoms with Gasteiger partial charge in [0.05, 0.1) is 11.7 Å². The van der Waals surface area contributed by atoms with Gasteiger partial charge in [-0.25, -0.2) is 0 Å². The zero-order valence-corrected chi connectivity index (χ0v) is 15.6. The average molecular weight is 324 g/mol. The van der Waals surface area contributed by atoms with Gasteiger partial charge in [-0.05, 0) is 52.7 Å². The monoisotopic (exact) mass is 324 g/mol. The van der Waals surface area contributed by atoms with Gasteiger partial charge in [0, 0.05) is 11.1 Å². The third-order valence-corrected chi connectivity index (χ3v) is 4.13. The van der Waals surface area contributed by atoms with Crippen molar-refractivity contribution in [2.75, 3.05) is 0 Å². The molecule has 1 aromatic heterocycles. The maximum absolute atomic E-state index is 4.53. The maximum Gasteiger partial charge on any atom is 0.112 e. The van der Waals surface area contributed by atoms with Crippen molar-refractivity contribution in [1.29, 1.82) is 0 Å². The molecule has 0 fully saturated rings. The van der Waals surface area contributed by atoms with Crippen LogP contribution in [-0.2, 0) is 0 Å². The highest BCUT2D eigenvalue weighted by molar-refractivity contribution is 7.00. The molecule has 0 atom stereocenters. The Labute approximate surface area is 143 Å². The molecule has 1 heterocycles. The van der Waals surface area contributed by atoms with Gasteiger partial charge in [-0.1, -0.05) is 47.6 Å². The van der Waals surface area contributed by atoms with E-state index in [4.69, 9.17) is 0 Å². The van der Waals surface area contributed by atoms with Crippen LogP contribution in [0.5, 0.6) is 0 Å². The van der Waals surface area contributed by atoms with E-state index in [2.05, 4.69) is 86.7 Å².